The summed E-state index contributed by atoms with van der Waals surface area (Å²) >= 11 is 1.28. The molecule has 14 heteroatoms. The SMILES string of the molecule is CC(C)(C)OC(=O)N1CCOC(Cn2nc(C(F)(F)F)cc2-c2ccnc3cc(CN4C(=O)C5C(C4=O)C5(C)C)sc23)C1. The van der Waals surface area contributed by atoms with E-state index >= 15 is 0 Å². The lowest BCUT2D eigenvalue weighted by atomic mass is 10.1. The van der Waals surface area contributed by atoms with Crippen molar-refractivity contribution in [1.29, 1.82) is 0 Å². The van der Waals surface area contributed by atoms with Crippen LogP contribution in [-0.2, 0) is 38.3 Å². The lowest BCUT2D eigenvalue weighted by Crippen LogP contribution is -2.48. The molecule has 2 aliphatic heterocycles. The number of morpholine rings is 1. The van der Waals surface area contributed by atoms with E-state index in [0.717, 1.165) is 6.07 Å². The number of hydrogen-bond donors (Lipinski definition) is 0. The average molecular weight is 620 g/mol. The Balaban J connectivity index is 1.28. The highest BCUT2D eigenvalue weighted by molar-refractivity contribution is 7.19. The van der Waals surface area contributed by atoms with E-state index in [1.54, 1.807) is 32.9 Å². The summed E-state index contributed by atoms with van der Waals surface area (Å²) in [6, 6.07) is 4.37. The number of alkyl halides is 3. The second-order valence-electron chi connectivity index (χ2n) is 12.8. The fraction of sp³-hybridized carbons (Fsp3) is 0.552. The predicted molar refractivity (Wildman–Crippen MR) is 150 cm³/mol. The van der Waals surface area contributed by atoms with E-state index in [0.29, 0.717) is 27.2 Å². The first-order valence-electron chi connectivity index (χ1n) is 14.0. The number of carbonyl (C=O) groups is 3. The normalized spacial score (nSPS) is 23.7. The molecule has 2 saturated heterocycles. The molecular formula is C29H32F3N5O5S. The molecule has 5 heterocycles. The first-order chi connectivity index (χ1) is 20.0. The molecule has 43 heavy (non-hydrogen) atoms. The number of nitrogens with zero attached hydrogens (tertiary/aromatic N) is 5. The Morgan fingerprint density at radius 2 is 1.86 bits per heavy atom. The van der Waals surface area contributed by atoms with Crippen molar-refractivity contribution in [2.45, 2.75) is 65.6 Å². The lowest BCUT2D eigenvalue weighted by molar-refractivity contribution is -0.144. The summed E-state index contributed by atoms with van der Waals surface area (Å²) in [4.78, 5) is 46.2. The Kier molecular flexibility index (Phi) is 6.88. The van der Waals surface area contributed by atoms with Crippen LogP contribution in [0.15, 0.2) is 24.4 Å². The largest absolute Gasteiger partial charge is 0.444 e. The molecule has 0 spiro atoms. The van der Waals surface area contributed by atoms with Crippen LogP contribution < -0.4 is 0 Å². The number of rotatable bonds is 5. The number of halogens is 3. The molecule has 3 atom stereocenters. The molecule has 3 aromatic rings. The number of imide groups is 1. The highest BCUT2D eigenvalue weighted by Gasteiger charge is 2.72. The number of ether oxygens (including phenoxy) is 2. The van der Waals surface area contributed by atoms with Crippen LogP contribution in [0.3, 0.4) is 0 Å². The maximum absolute atomic E-state index is 13.9. The first-order valence-corrected chi connectivity index (χ1v) is 14.8. The molecule has 0 N–H and O–H groups in total. The number of pyridine rings is 1. The molecule has 0 bridgehead atoms. The zero-order chi connectivity index (χ0) is 31.1. The van der Waals surface area contributed by atoms with Crippen LogP contribution in [0.4, 0.5) is 18.0 Å². The Morgan fingerprint density at radius 3 is 2.51 bits per heavy atom. The van der Waals surface area contributed by atoms with Crippen molar-refractivity contribution in [1.82, 2.24) is 24.6 Å². The highest BCUT2D eigenvalue weighted by Crippen LogP contribution is 2.63. The monoisotopic (exact) mass is 619 g/mol. The van der Waals surface area contributed by atoms with Gasteiger partial charge in [-0.1, -0.05) is 13.8 Å². The van der Waals surface area contributed by atoms with Crippen molar-refractivity contribution in [2.75, 3.05) is 19.7 Å². The van der Waals surface area contributed by atoms with Crippen LogP contribution >= 0.6 is 11.3 Å². The first kappa shape index (κ1) is 29.5. The molecule has 1 saturated carbocycles. The maximum atomic E-state index is 13.9. The molecule has 3 fully saturated rings. The molecule has 1 aliphatic carbocycles. The standard InChI is InChI=1S/C29H32F3N5O5S/c1-27(2,3)42-26(40)35-8-9-41-15(12-35)13-37-19(11-20(34-37)29(30,31)32)17-6-7-33-18-10-16(43-23(17)18)14-36-24(38)21-22(25(36)39)28(21,4)5/h6-7,10-11,15,21-22H,8-9,12-14H2,1-5H3. The third-order valence-electron chi connectivity index (χ3n) is 8.18. The molecule has 3 aromatic heterocycles. The molecule has 3 unspecified atom stereocenters. The summed E-state index contributed by atoms with van der Waals surface area (Å²) in [6.45, 7) is 9.77. The maximum Gasteiger partial charge on any atom is 0.435 e. The van der Waals surface area contributed by atoms with E-state index in [2.05, 4.69) is 10.1 Å². The van der Waals surface area contributed by atoms with Gasteiger partial charge in [0.1, 0.15) is 5.60 Å². The Hall–Kier alpha value is -3.52. The number of carbonyl (C=O) groups excluding carboxylic acids is 3. The van der Waals surface area contributed by atoms with Gasteiger partial charge in [-0.15, -0.1) is 11.3 Å². The van der Waals surface area contributed by atoms with Crippen molar-refractivity contribution < 1.29 is 37.0 Å². The minimum Gasteiger partial charge on any atom is -0.444 e. The van der Waals surface area contributed by atoms with E-state index in [1.165, 1.54) is 32.0 Å². The van der Waals surface area contributed by atoms with E-state index in [9.17, 15) is 27.6 Å². The van der Waals surface area contributed by atoms with Gasteiger partial charge in [-0.2, -0.15) is 18.3 Å². The molecule has 0 radical (unpaired) electrons. The van der Waals surface area contributed by atoms with E-state index in [4.69, 9.17) is 9.47 Å². The smallest absolute Gasteiger partial charge is 0.435 e. The zero-order valence-electron chi connectivity index (χ0n) is 24.4. The second-order valence-corrected chi connectivity index (χ2v) is 14.0. The number of amides is 3. The quantitative estimate of drug-likeness (QED) is 0.372. The number of aromatic nitrogens is 3. The summed E-state index contributed by atoms with van der Waals surface area (Å²) in [6.07, 6.45) is -4.33. The minimum atomic E-state index is -4.69. The highest BCUT2D eigenvalue weighted by atomic mass is 32.1. The van der Waals surface area contributed by atoms with E-state index in [-0.39, 0.29) is 61.0 Å². The summed E-state index contributed by atoms with van der Waals surface area (Å²) in [5.74, 6) is -0.976. The van der Waals surface area contributed by atoms with Crippen LogP contribution in [0.2, 0.25) is 0 Å². The van der Waals surface area contributed by atoms with Crippen LogP contribution in [0.5, 0.6) is 0 Å². The van der Waals surface area contributed by atoms with Gasteiger partial charge in [-0.3, -0.25) is 24.2 Å². The van der Waals surface area contributed by atoms with Crippen molar-refractivity contribution in [2.24, 2.45) is 17.3 Å². The molecule has 6 rings (SSSR count). The van der Waals surface area contributed by atoms with Gasteiger partial charge in [0.05, 0.1) is 60.1 Å². The van der Waals surface area contributed by atoms with Gasteiger partial charge in [0, 0.05) is 23.2 Å². The summed E-state index contributed by atoms with van der Waals surface area (Å²) in [7, 11) is 0. The second kappa shape index (κ2) is 10.0. The summed E-state index contributed by atoms with van der Waals surface area (Å²) in [5, 5.41) is 3.89. The minimum absolute atomic E-state index is 0.0396. The molecule has 3 aliphatic rings. The third-order valence-corrected chi connectivity index (χ3v) is 9.32. The van der Waals surface area contributed by atoms with Crippen molar-refractivity contribution in [3.05, 3.63) is 35.0 Å². The van der Waals surface area contributed by atoms with Gasteiger partial charge in [0.2, 0.25) is 11.8 Å². The van der Waals surface area contributed by atoms with Gasteiger partial charge < -0.3 is 14.4 Å². The van der Waals surface area contributed by atoms with Gasteiger partial charge in [-0.25, -0.2) is 4.79 Å². The van der Waals surface area contributed by atoms with Crippen LogP contribution in [0.25, 0.3) is 21.5 Å². The fourth-order valence-corrected chi connectivity index (χ4v) is 7.13. The van der Waals surface area contributed by atoms with Gasteiger partial charge >= 0.3 is 12.3 Å². The van der Waals surface area contributed by atoms with Crippen LogP contribution in [-0.4, -0.2) is 73.9 Å². The Labute approximate surface area is 249 Å². The lowest BCUT2D eigenvalue weighted by Gasteiger charge is -2.34. The Bertz CT molecular complexity index is 1600. The van der Waals surface area contributed by atoms with Gasteiger partial charge in [0.15, 0.2) is 5.69 Å². The summed E-state index contributed by atoms with van der Waals surface area (Å²) in [5.41, 5.74) is -0.845. The molecule has 10 nitrogen and oxygen atoms in total. The van der Waals surface area contributed by atoms with Gasteiger partial charge in [-0.05, 0) is 44.4 Å². The van der Waals surface area contributed by atoms with Gasteiger partial charge in [0.25, 0.3) is 0 Å². The molecule has 0 aromatic carbocycles. The Morgan fingerprint density at radius 1 is 1.16 bits per heavy atom. The number of piperidine rings is 1. The number of likely N-dealkylation sites (tertiary alicyclic amines) is 1. The predicted octanol–water partition coefficient (Wildman–Crippen LogP) is 4.96. The number of thiophene rings is 1. The average Bonchev–Trinajstić information content (AvgIpc) is 3.27. The van der Waals surface area contributed by atoms with E-state index in [1.807, 2.05) is 13.8 Å². The molecular weight excluding hydrogens is 587 g/mol. The topological polar surface area (TPSA) is 107 Å². The molecule has 3 amide bonds. The zero-order valence-corrected chi connectivity index (χ0v) is 25.2. The van der Waals surface area contributed by atoms with Crippen molar-refractivity contribution >= 4 is 39.5 Å². The van der Waals surface area contributed by atoms with Crippen LogP contribution in [0, 0.1) is 17.3 Å². The summed E-state index contributed by atoms with van der Waals surface area (Å²) < 4.78 is 54.7. The number of fused-ring (bicyclic) bond motifs is 2. The van der Waals surface area contributed by atoms with E-state index < -0.39 is 29.7 Å². The van der Waals surface area contributed by atoms with Crippen molar-refractivity contribution in [3.63, 3.8) is 0 Å². The van der Waals surface area contributed by atoms with Crippen LogP contribution in [0.1, 0.15) is 45.2 Å². The molecule has 230 valence electrons. The number of hydrogen-bond acceptors (Lipinski definition) is 8. The third kappa shape index (κ3) is 5.39. The fourth-order valence-electron chi connectivity index (χ4n) is 6.01. The van der Waals surface area contributed by atoms with Crippen molar-refractivity contribution in [3.8, 4) is 11.3 Å².